The van der Waals surface area contributed by atoms with Crippen molar-refractivity contribution in [3.63, 3.8) is 0 Å². The molecule has 0 spiro atoms. The fourth-order valence-electron chi connectivity index (χ4n) is 3.17. The van der Waals surface area contributed by atoms with Crippen molar-refractivity contribution in [1.29, 1.82) is 0 Å². The molecule has 0 radical (unpaired) electrons. The van der Waals surface area contributed by atoms with E-state index >= 15 is 0 Å². The van der Waals surface area contributed by atoms with E-state index in [-0.39, 0.29) is 6.04 Å². The van der Waals surface area contributed by atoms with E-state index in [4.69, 9.17) is 5.73 Å². The van der Waals surface area contributed by atoms with Gasteiger partial charge in [0.05, 0.1) is 0 Å². The standard InChI is InChI=1S/C17H28N2/c1-5-16(18)10-15-6-7-17(9-13(15)3)19-11-12(2)8-14(19)4/h6-7,9,12,14,16H,5,8,10-11,18H2,1-4H3. The van der Waals surface area contributed by atoms with Crippen LogP contribution in [0.3, 0.4) is 0 Å². The van der Waals surface area contributed by atoms with Gasteiger partial charge in [-0.25, -0.2) is 0 Å². The average molecular weight is 260 g/mol. The summed E-state index contributed by atoms with van der Waals surface area (Å²) in [5.74, 6) is 0.809. The number of benzene rings is 1. The zero-order chi connectivity index (χ0) is 14.0. The first-order valence-corrected chi connectivity index (χ1v) is 7.63. The summed E-state index contributed by atoms with van der Waals surface area (Å²) < 4.78 is 0. The Balaban J connectivity index is 2.14. The number of hydrogen-bond donors (Lipinski definition) is 1. The van der Waals surface area contributed by atoms with Crippen LogP contribution in [0.15, 0.2) is 18.2 Å². The summed E-state index contributed by atoms with van der Waals surface area (Å²) in [6.07, 6.45) is 3.35. The van der Waals surface area contributed by atoms with Crippen LogP contribution in [0.1, 0.15) is 44.7 Å². The Morgan fingerprint density at radius 2 is 2.11 bits per heavy atom. The maximum Gasteiger partial charge on any atom is 0.0371 e. The number of hydrogen-bond acceptors (Lipinski definition) is 2. The number of aryl methyl sites for hydroxylation is 1. The third-order valence-electron chi connectivity index (χ3n) is 4.45. The zero-order valence-electron chi connectivity index (χ0n) is 12.8. The van der Waals surface area contributed by atoms with Gasteiger partial charge in [-0.1, -0.05) is 19.9 Å². The van der Waals surface area contributed by atoms with Gasteiger partial charge >= 0.3 is 0 Å². The van der Waals surface area contributed by atoms with Crippen molar-refractivity contribution in [2.45, 2.75) is 59.0 Å². The van der Waals surface area contributed by atoms with E-state index in [2.05, 4.69) is 50.8 Å². The van der Waals surface area contributed by atoms with Gasteiger partial charge < -0.3 is 10.6 Å². The number of rotatable bonds is 4. The van der Waals surface area contributed by atoms with Crippen LogP contribution in [0.5, 0.6) is 0 Å². The van der Waals surface area contributed by atoms with Crippen molar-refractivity contribution >= 4 is 5.69 Å². The maximum atomic E-state index is 6.06. The molecule has 2 rings (SSSR count). The molecule has 1 fully saturated rings. The minimum atomic E-state index is 0.287. The van der Waals surface area contributed by atoms with Crippen molar-refractivity contribution < 1.29 is 0 Å². The molecule has 1 saturated heterocycles. The Labute approximate surface area is 118 Å². The van der Waals surface area contributed by atoms with Gasteiger partial charge in [-0.2, -0.15) is 0 Å². The summed E-state index contributed by atoms with van der Waals surface area (Å²) >= 11 is 0. The second-order valence-corrected chi connectivity index (χ2v) is 6.33. The Kier molecular flexibility index (Phi) is 4.51. The molecule has 19 heavy (non-hydrogen) atoms. The Bertz CT molecular complexity index is 427. The van der Waals surface area contributed by atoms with Crippen molar-refractivity contribution in [2.24, 2.45) is 11.7 Å². The fraction of sp³-hybridized carbons (Fsp3) is 0.647. The third kappa shape index (κ3) is 3.30. The summed E-state index contributed by atoms with van der Waals surface area (Å²) in [4.78, 5) is 2.54. The molecular weight excluding hydrogens is 232 g/mol. The van der Waals surface area contributed by atoms with E-state index < -0.39 is 0 Å². The lowest BCUT2D eigenvalue weighted by Crippen LogP contribution is -2.27. The van der Waals surface area contributed by atoms with Gasteiger partial charge in [-0.15, -0.1) is 0 Å². The first kappa shape index (κ1) is 14.4. The quantitative estimate of drug-likeness (QED) is 0.897. The van der Waals surface area contributed by atoms with Crippen LogP contribution in [-0.2, 0) is 6.42 Å². The highest BCUT2D eigenvalue weighted by molar-refractivity contribution is 5.52. The molecule has 2 N–H and O–H groups in total. The van der Waals surface area contributed by atoms with E-state index in [1.165, 1.54) is 29.8 Å². The van der Waals surface area contributed by atoms with Crippen LogP contribution in [0.2, 0.25) is 0 Å². The molecule has 2 nitrogen and oxygen atoms in total. The second kappa shape index (κ2) is 5.96. The zero-order valence-corrected chi connectivity index (χ0v) is 12.8. The van der Waals surface area contributed by atoms with Crippen LogP contribution in [-0.4, -0.2) is 18.6 Å². The highest BCUT2D eigenvalue weighted by Gasteiger charge is 2.26. The van der Waals surface area contributed by atoms with E-state index in [0.29, 0.717) is 6.04 Å². The molecule has 0 aliphatic carbocycles. The topological polar surface area (TPSA) is 29.3 Å². The monoisotopic (exact) mass is 260 g/mol. The minimum absolute atomic E-state index is 0.287. The van der Waals surface area contributed by atoms with Crippen LogP contribution >= 0.6 is 0 Å². The summed E-state index contributed by atoms with van der Waals surface area (Å²) in [6.45, 7) is 10.2. The van der Waals surface area contributed by atoms with Crippen molar-refractivity contribution in [3.8, 4) is 0 Å². The summed E-state index contributed by atoms with van der Waals surface area (Å²) in [5, 5.41) is 0. The summed E-state index contributed by atoms with van der Waals surface area (Å²) in [5.41, 5.74) is 10.2. The molecule has 1 aliphatic rings. The highest BCUT2D eigenvalue weighted by Crippen LogP contribution is 2.30. The molecule has 0 aromatic heterocycles. The fourth-order valence-corrected chi connectivity index (χ4v) is 3.17. The van der Waals surface area contributed by atoms with Gasteiger partial charge in [0.15, 0.2) is 0 Å². The first-order valence-electron chi connectivity index (χ1n) is 7.63. The van der Waals surface area contributed by atoms with E-state index in [1.54, 1.807) is 0 Å². The van der Waals surface area contributed by atoms with E-state index in [0.717, 1.165) is 18.8 Å². The first-order chi connectivity index (χ1) is 9.01. The van der Waals surface area contributed by atoms with Gasteiger partial charge in [0.2, 0.25) is 0 Å². The lowest BCUT2D eigenvalue weighted by Gasteiger charge is -2.25. The number of anilines is 1. The average Bonchev–Trinajstić information content (AvgIpc) is 2.71. The Hall–Kier alpha value is -1.02. The molecule has 1 aliphatic heterocycles. The van der Waals surface area contributed by atoms with Gasteiger partial charge in [0.25, 0.3) is 0 Å². The second-order valence-electron chi connectivity index (χ2n) is 6.33. The lowest BCUT2D eigenvalue weighted by atomic mass is 9.99. The molecule has 1 heterocycles. The molecule has 1 aromatic carbocycles. The Morgan fingerprint density at radius 1 is 1.37 bits per heavy atom. The predicted molar refractivity (Wildman–Crippen MR) is 83.7 cm³/mol. The van der Waals surface area contributed by atoms with Crippen LogP contribution in [0, 0.1) is 12.8 Å². The molecule has 2 heteroatoms. The molecule has 1 aromatic rings. The van der Waals surface area contributed by atoms with Gasteiger partial charge in [0, 0.05) is 24.3 Å². The normalized spacial score (nSPS) is 24.8. The number of nitrogens with zero attached hydrogens (tertiary/aromatic N) is 1. The largest absolute Gasteiger partial charge is 0.369 e. The minimum Gasteiger partial charge on any atom is -0.369 e. The third-order valence-corrected chi connectivity index (χ3v) is 4.45. The van der Waals surface area contributed by atoms with Crippen molar-refractivity contribution in [1.82, 2.24) is 0 Å². The lowest BCUT2D eigenvalue weighted by molar-refractivity contribution is 0.625. The molecule has 3 atom stereocenters. The van der Waals surface area contributed by atoms with Crippen molar-refractivity contribution in [3.05, 3.63) is 29.3 Å². The van der Waals surface area contributed by atoms with Gasteiger partial charge in [-0.3, -0.25) is 0 Å². The molecule has 3 unspecified atom stereocenters. The molecular formula is C17H28N2. The maximum absolute atomic E-state index is 6.06. The molecule has 0 bridgehead atoms. The SMILES string of the molecule is CCC(N)Cc1ccc(N2CC(C)CC2C)cc1C. The van der Waals surface area contributed by atoms with Gasteiger partial charge in [0.1, 0.15) is 0 Å². The van der Waals surface area contributed by atoms with Crippen LogP contribution < -0.4 is 10.6 Å². The summed E-state index contributed by atoms with van der Waals surface area (Å²) in [6, 6.07) is 7.84. The van der Waals surface area contributed by atoms with E-state index in [9.17, 15) is 0 Å². The predicted octanol–water partition coefficient (Wildman–Crippen LogP) is 3.51. The van der Waals surface area contributed by atoms with E-state index in [1.807, 2.05) is 0 Å². The molecule has 0 saturated carbocycles. The van der Waals surface area contributed by atoms with Crippen LogP contribution in [0.4, 0.5) is 5.69 Å². The molecule has 0 amide bonds. The van der Waals surface area contributed by atoms with Crippen molar-refractivity contribution in [2.75, 3.05) is 11.4 Å². The summed E-state index contributed by atoms with van der Waals surface area (Å²) in [7, 11) is 0. The Morgan fingerprint density at radius 3 is 2.63 bits per heavy atom. The number of nitrogens with two attached hydrogens (primary N) is 1. The smallest absolute Gasteiger partial charge is 0.0371 e. The van der Waals surface area contributed by atoms with Crippen LogP contribution in [0.25, 0.3) is 0 Å². The van der Waals surface area contributed by atoms with Gasteiger partial charge in [-0.05, 0) is 62.3 Å². The molecule has 106 valence electrons. The highest BCUT2D eigenvalue weighted by atomic mass is 15.2.